The number of rotatable bonds is 6. The molecule has 5 heteroatoms. The molecule has 0 N–H and O–H groups in total. The second-order valence-electron chi connectivity index (χ2n) is 5.81. The molecule has 3 nitrogen and oxygen atoms in total. The fourth-order valence-electron chi connectivity index (χ4n) is 2.37. The minimum Gasteiger partial charge on any atom is -0.306 e. The fraction of sp³-hybridized carbons (Fsp3) is 0.600. The molecule has 1 aliphatic rings. The predicted octanol–water partition coefficient (Wildman–Crippen LogP) is 5.24. The average molecular weight is 317 g/mol. The SMILES string of the molecule is CC(C)OP(=O)(OC(C)C)[C@@H]1C[C@H]1c1ccc(Cl)cc1. The highest BCUT2D eigenvalue weighted by atomic mass is 35.5. The molecule has 0 saturated heterocycles. The first kappa shape index (κ1) is 16.0. The first-order chi connectivity index (χ1) is 9.32. The first-order valence-corrected chi connectivity index (χ1v) is 9.03. The monoisotopic (exact) mass is 316 g/mol. The summed E-state index contributed by atoms with van der Waals surface area (Å²) in [7, 11) is -3.06. The smallest absolute Gasteiger partial charge is 0.306 e. The van der Waals surface area contributed by atoms with Gasteiger partial charge >= 0.3 is 7.60 Å². The maximum absolute atomic E-state index is 13.0. The minimum absolute atomic E-state index is 0.0338. The van der Waals surface area contributed by atoms with Crippen LogP contribution in [0.3, 0.4) is 0 Å². The Bertz CT molecular complexity index is 484. The van der Waals surface area contributed by atoms with Crippen molar-refractivity contribution in [2.24, 2.45) is 0 Å². The lowest BCUT2D eigenvalue weighted by Gasteiger charge is -2.23. The van der Waals surface area contributed by atoms with Gasteiger partial charge < -0.3 is 9.05 Å². The second kappa shape index (κ2) is 6.19. The van der Waals surface area contributed by atoms with E-state index >= 15 is 0 Å². The normalized spacial score (nSPS) is 22.6. The van der Waals surface area contributed by atoms with Gasteiger partial charge in [-0.05, 0) is 57.7 Å². The maximum atomic E-state index is 13.0. The van der Waals surface area contributed by atoms with Gasteiger partial charge in [0, 0.05) is 5.02 Å². The molecule has 20 heavy (non-hydrogen) atoms. The van der Waals surface area contributed by atoms with Crippen LogP contribution in [0.25, 0.3) is 0 Å². The molecule has 0 aliphatic heterocycles. The van der Waals surface area contributed by atoms with Gasteiger partial charge in [-0.1, -0.05) is 23.7 Å². The van der Waals surface area contributed by atoms with E-state index in [1.807, 2.05) is 52.0 Å². The molecule has 1 aromatic carbocycles. The first-order valence-electron chi connectivity index (χ1n) is 7.04. The van der Waals surface area contributed by atoms with E-state index in [1.165, 1.54) is 0 Å². The van der Waals surface area contributed by atoms with Gasteiger partial charge in [0.05, 0.1) is 17.9 Å². The zero-order valence-corrected chi connectivity index (χ0v) is 14.0. The molecular weight excluding hydrogens is 295 g/mol. The Labute approximate surface area is 126 Å². The van der Waals surface area contributed by atoms with Crippen molar-refractivity contribution < 1.29 is 13.6 Å². The summed E-state index contributed by atoms with van der Waals surface area (Å²) in [6, 6.07) is 7.71. The van der Waals surface area contributed by atoms with E-state index in [2.05, 4.69) is 0 Å². The molecule has 1 aromatic rings. The summed E-state index contributed by atoms with van der Waals surface area (Å²) < 4.78 is 24.3. The molecule has 0 heterocycles. The van der Waals surface area contributed by atoms with Gasteiger partial charge in [-0.2, -0.15) is 0 Å². The quantitative estimate of drug-likeness (QED) is 0.673. The predicted molar refractivity (Wildman–Crippen MR) is 82.6 cm³/mol. The summed E-state index contributed by atoms with van der Waals surface area (Å²) >= 11 is 5.90. The number of halogens is 1. The summed E-state index contributed by atoms with van der Waals surface area (Å²) in [4.78, 5) is 0. The second-order valence-corrected chi connectivity index (χ2v) is 8.41. The number of hydrogen-bond acceptors (Lipinski definition) is 3. The van der Waals surface area contributed by atoms with Crippen molar-refractivity contribution in [2.45, 2.75) is 57.9 Å². The van der Waals surface area contributed by atoms with E-state index in [0.29, 0.717) is 5.02 Å². The van der Waals surface area contributed by atoms with Gasteiger partial charge in [0.25, 0.3) is 0 Å². The summed E-state index contributed by atoms with van der Waals surface area (Å²) in [5, 5.41) is 0.714. The zero-order chi connectivity index (χ0) is 14.9. The molecule has 2 atom stereocenters. The highest BCUT2D eigenvalue weighted by molar-refractivity contribution is 7.55. The Hall–Kier alpha value is -0.340. The van der Waals surface area contributed by atoms with Crippen molar-refractivity contribution in [3.8, 4) is 0 Å². The maximum Gasteiger partial charge on any atom is 0.334 e. The number of benzene rings is 1. The Morgan fingerprint density at radius 1 is 1.10 bits per heavy atom. The highest BCUT2D eigenvalue weighted by Gasteiger charge is 2.54. The molecule has 0 unspecified atom stereocenters. The summed E-state index contributed by atoms with van der Waals surface area (Å²) in [5.41, 5.74) is 1.12. The molecule has 0 spiro atoms. The van der Waals surface area contributed by atoms with Crippen molar-refractivity contribution in [3.63, 3.8) is 0 Å². The van der Waals surface area contributed by atoms with E-state index in [9.17, 15) is 4.57 Å². The van der Waals surface area contributed by atoms with Gasteiger partial charge in [-0.15, -0.1) is 0 Å². The molecule has 1 saturated carbocycles. The van der Waals surface area contributed by atoms with Crippen LogP contribution in [0, 0.1) is 0 Å². The minimum atomic E-state index is -3.06. The molecular formula is C15H22ClO3P. The molecule has 0 radical (unpaired) electrons. The number of hydrogen-bond donors (Lipinski definition) is 0. The lowest BCUT2D eigenvalue weighted by atomic mass is 10.1. The zero-order valence-electron chi connectivity index (χ0n) is 12.4. The third-order valence-corrected chi connectivity index (χ3v) is 6.24. The molecule has 0 amide bonds. The van der Waals surface area contributed by atoms with Crippen LogP contribution in [-0.4, -0.2) is 17.9 Å². The van der Waals surface area contributed by atoms with Crippen LogP contribution in [0.2, 0.25) is 5.02 Å². The van der Waals surface area contributed by atoms with Crippen LogP contribution in [0.4, 0.5) is 0 Å². The Balaban J connectivity index is 2.13. The molecule has 0 bridgehead atoms. The van der Waals surface area contributed by atoms with Crippen LogP contribution >= 0.6 is 19.2 Å². The molecule has 0 aromatic heterocycles. The lowest BCUT2D eigenvalue weighted by Crippen LogP contribution is -2.11. The van der Waals surface area contributed by atoms with Crippen LogP contribution < -0.4 is 0 Å². The van der Waals surface area contributed by atoms with Gasteiger partial charge in [0.2, 0.25) is 0 Å². The topological polar surface area (TPSA) is 35.5 Å². The van der Waals surface area contributed by atoms with Crippen molar-refractivity contribution in [3.05, 3.63) is 34.9 Å². The van der Waals surface area contributed by atoms with E-state index in [0.717, 1.165) is 12.0 Å². The summed E-state index contributed by atoms with van der Waals surface area (Å²) in [6.45, 7) is 7.54. The highest BCUT2D eigenvalue weighted by Crippen LogP contribution is 2.69. The van der Waals surface area contributed by atoms with Gasteiger partial charge in [-0.25, -0.2) is 0 Å². The van der Waals surface area contributed by atoms with Crippen LogP contribution in [0.5, 0.6) is 0 Å². The largest absolute Gasteiger partial charge is 0.334 e. The van der Waals surface area contributed by atoms with E-state index in [4.69, 9.17) is 20.6 Å². The van der Waals surface area contributed by atoms with Crippen LogP contribution in [0.1, 0.15) is 45.6 Å². The lowest BCUT2D eigenvalue weighted by molar-refractivity contribution is 0.141. The van der Waals surface area contributed by atoms with Crippen molar-refractivity contribution >= 4 is 19.2 Å². The third kappa shape index (κ3) is 3.85. The summed E-state index contributed by atoms with van der Waals surface area (Å²) in [5.74, 6) is 0.246. The van der Waals surface area contributed by atoms with E-state index in [-0.39, 0.29) is 23.8 Å². The van der Waals surface area contributed by atoms with E-state index in [1.54, 1.807) is 0 Å². The van der Waals surface area contributed by atoms with Gasteiger partial charge in [0.1, 0.15) is 0 Å². The van der Waals surface area contributed by atoms with Gasteiger partial charge in [0.15, 0.2) is 0 Å². The van der Waals surface area contributed by atoms with Crippen molar-refractivity contribution in [1.29, 1.82) is 0 Å². The van der Waals surface area contributed by atoms with Gasteiger partial charge in [-0.3, -0.25) is 4.57 Å². The van der Waals surface area contributed by atoms with E-state index < -0.39 is 7.60 Å². The standard InChI is InChI=1S/C15H22ClO3P/c1-10(2)18-20(17,19-11(3)4)15-9-14(15)12-5-7-13(16)8-6-12/h5-8,10-11,14-15H,9H2,1-4H3/t14-,15+/m0/s1. The Morgan fingerprint density at radius 3 is 2.05 bits per heavy atom. The molecule has 2 rings (SSSR count). The molecule has 1 aliphatic carbocycles. The summed E-state index contributed by atoms with van der Waals surface area (Å²) in [6.07, 6.45) is 0.635. The Kier molecular flexibility index (Phi) is 4.96. The van der Waals surface area contributed by atoms with Crippen LogP contribution in [-0.2, 0) is 13.6 Å². The van der Waals surface area contributed by atoms with Crippen LogP contribution in [0.15, 0.2) is 24.3 Å². The fourth-order valence-corrected chi connectivity index (χ4v) is 5.13. The van der Waals surface area contributed by atoms with Crippen molar-refractivity contribution in [1.82, 2.24) is 0 Å². The van der Waals surface area contributed by atoms with Crippen molar-refractivity contribution in [2.75, 3.05) is 0 Å². The average Bonchev–Trinajstić information content (AvgIpc) is 3.08. The molecule has 112 valence electrons. The molecule has 1 fully saturated rings. The Morgan fingerprint density at radius 2 is 1.60 bits per heavy atom. The third-order valence-electron chi connectivity index (χ3n) is 3.18.